The minimum atomic E-state index is -4.33. The molecule has 0 aliphatic heterocycles. The number of halogens is 3. The van der Waals surface area contributed by atoms with Gasteiger partial charge < -0.3 is 10.2 Å². The Morgan fingerprint density at radius 3 is 2.75 bits per heavy atom. The van der Waals surface area contributed by atoms with Crippen LogP contribution in [-0.2, 0) is 6.54 Å². The molecular formula is C15H18F3N3O3. The number of aliphatic hydroxyl groups is 2. The topological polar surface area (TPSA) is 78.1 Å². The van der Waals surface area contributed by atoms with Gasteiger partial charge in [0, 0.05) is 31.9 Å². The van der Waals surface area contributed by atoms with Crippen LogP contribution in [0.3, 0.4) is 0 Å². The van der Waals surface area contributed by atoms with Crippen LogP contribution in [-0.4, -0.2) is 56.5 Å². The standard InChI is InChI=1S/C15H18F3N3O3/c16-15(17,18)4-6-20(9-12(23)10-22)8-11-7-14(24)21-5-2-1-3-13(21)19-11/h1-3,5,7,12,22-23H,4,6,8-10H2/t12-/m0/s1. The van der Waals surface area contributed by atoms with Gasteiger partial charge in [0.15, 0.2) is 0 Å². The highest BCUT2D eigenvalue weighted by atomic mass is 19.4. The number of fused-ring (bicyclic) bond motifs is 1. The molecule has 132 valence electrons. The first-order valence-corrected chi connectivity index (χ1v) is 7.34. The quantitative estimate of drug-likeness (QED) is 0.776. The van der Waals surface area contributed by atoms with Crippen LogP contribution in [0.25, 0.3) is 5.65 Å². The highest BCUT2D eigenvalue weighted by molar-refractivity contribution is 5.37. The van der Waals surface area contributed by atoms with E-state index in [9.17, 15) is 23.1 Å². The summed E-state index contributed by atoms with van der Waals surface area (Å²) >= 11 is 0. The minimum absolute atomic E-state index is 0.0340. The number of alkyl halides is 3. The van der Waals surface area contributed by atoms with E-state index in [0.717, 1.165) is 0 Å². The van der Waals surface area contributed by atoms with Crippen LogP contribution in [0, 0.1) is 0 Å². The third kappa shape index (κ3) is 5.29. The fourth-order valence-electron chi connectivity index (χ4n) is 2.29. The second-order valence-corrected chi connectivity index (χ2v) is 5.45. The van der Waals surface area contributed by atoms with Crippen LogP contribution < -0.4 is 5.56 Å². The molecule has 9 heteroatoms. The molecule has 0 saturated heterocycles. The molecule has 0 saturated carbocycles. The summed E-state index contributed by atoms with van der Waals surface area (Å²) in [6, 6.07) is 6.23. The van der Waals surface area contributed by atoms with Crippen molar-refractivity contribution in [1.82, 2.24) is 14.3 Å². The maximum absolute atomic E-state index is 12.4. The number of nitrogens with zero attached hydrogens (tertiary/aromatic N) is 3. The lowest BCUT2D eigenvalue weighted by Crippen LogP contribution is -2.36. The van der Waals surface area contributed by atoms with Crippen LogP contribution in [0.15, 0.2) is 35.3 Å². The lowest BCUT2D eigenvalue weighted by atomic mass is 10.2. The zero-order valence-corrected chi connectivity index (χ0v) is 12.8. The molecule has 2 aromatic rings. The maximum atomic E-state index is 12.4. The fraction of sp³-hybridized carbons (Fsp3) is 0.467. The minimum Gasteiger partial charge on any atom is -0.394 e. The van der Waals surface area contributed by atoms with Crippen LogP contribution in [0.4, 0.5) is 13.2 Å². The first-order valence-electron chi connectivity index (χ1n) is 7.34. The summed E-state index contributed by atoms with van der Waals surface area (Å²) in [6.07, 6.45) is -5.01. The highest BCUT2D eigenvalue weighted by Crippen LogP contribution is 2.20. The smallest absolute Gasteiger partial charge is 0.390 e. The van der Waals surface area contributed by atoms with Crippen LogP contribution in [0.2, 0.25) is 0 Å². The van der Waals surface area contributed by atoms with E-state index in [4.69, 9.17) is 5.11 Å². The number of rotatable bonds is 7. The van der Waals surface area contributed by atoms with E-state index >= 15 is 0 Å². The van der Waals surface area contributed by atoms with Gasteiger partial charge in [0.25, 0.3) is 5.56 Å². The predicted molar refractivity (Wildman–Crippen MR) is 80.5 cm³/mol. The number of aliphatic hydroxyl groups excluding tert-OH is 2. The number of hydrogen-bond donors (Lipinski definition) is 2. The van der Waals surface area contributed by atoms with Crippen molar-refractivity contribution in [2.24, 2.45) is 0 Å². The molecule has 0 radical (unpaired) electrons. The Kier molecular flexibility index (Phi) is 5.92. The molecule has 0 aromatic carbocycles. The van der Waals surface area contributed by atoms with E-state index in [0.29, 0.717) is 11.3 Å². The van der Waals surface area contributed by atoms with Gasteiger partial charge in [0.2, 0.25) is 0 Å². The van der Waals surface area contributed by atoms with Crippen LogP contribution >= 0.6 is 0 Å². The van der Waals surface area contributed by atoms with Crippen molar-refractivity contribution >= 4 is 5.65 Å². The summed E-state index contributed by atoms with van der Waals surface area (Å²) in [7, 11) is 0. The summed E-state index contributed by atoms with van der Waals surface area (Å²) in [4.78, 5) is 17.6. The van der Waals surface area contributed by atoms with Crippen LogP contribution in [0.1, 0.15) is 12.1 Å². The van der Waals surface area contributed by atoms with E-state index < -0.39 is 25.3 Å². The molecule has 0 bridgehead atoms. The first kappa shape index (κ1) is 18.4. The van der Waals surface area contributed by atoms with Crippen molar-refractivity contribution < 1.29 is 23.4 Å². The SMILES string of the molecule is O=c1cc(CN(CCC(F)(F)F)C[C@H](O)CO)nc2ccccn12. The molecule has 2 N–H and O–H groups in total. The molecule has 0 spiro atoms. The second-order valence-electron chi connectivity index (χ2n) is 5.45. The normalized spacial score (nSPS) is 13.6. The van der Waals surface area contributed by atoms with Gasteiger partial charge in [-0.15, -0.1) is 0 Å². The van der Waals surface area contributed by atoms with Crippen molar-refractivity contribution in [3.05, 3.63) is 46.5 Å². The lowest BCUT2D eigenvalue weighted by Gasteiger charge is -2.24. The van der Waals surface area contributed by atoms with Gasteiger partial charge in [-0.05, 0) is 12.1 Å². The lowest BCUT2D eigenvalue weighted by molar-refractivity contribution is -0.139. The third-order valence-electron chi connectivity index (χ3n) is 3.40. The molecule has 24 heavy (non-hydrogen) atoms. The Bertz CT molecular complexity index is 733. The molecule has 0 amide bonds. The monoisotopic (exact) mass is 345 g/mol. The van der Waals surface area contributed by atoms with Gasteiger partial charge >= 0.3 is 6.18 Å². The van der Waals surface area contributed by atoms with Crippen molar-refractivity contribution in [2.45, 2.75) is 25.2 Å². The summed E-state index contributed by atoms with van der Waals surface area (Å²) in [5, 5.41) is 18.4. The Hall–Kier alpha value is -1.97. The Balaban J connectivity index is 2.19. The molecular weight excluding hydrogens is 327 g/mol. The number of hydrogen-bond acceptors (Lipinski definition) is 5. The summed E-state index contributed by atoms with van der Waals surface area (Å²) in [6.45, 7) is -1.11. The van der Waals surface area contributed by atoms with Gasteiger partial charge in [-0.25, -0.2) is 4.98 Å². The highest BCUT2D eigenvalue weighted by Gasteiger charge is 2.28. The molecule has 0 aliphatic rings. The van der Waals surface area contributed by atoms with E-state index in [-0.39, 0.29) is 25.2 Å². The second kappa shape index (κ2) is 7.73. The zero-order valence-electron chi connectivity index (χ0n) is 12.8. The Morgan fingerprint density at radius 1 is 1.33 bits per heavy atom. The molecule has 0 unspecified atom stereocenters. The zero-order chi connectivity index (χ0) is 17.7. The van der Waals surface area contributed by atoms with Crippen molar-refractivity contribution in [3.8, 4) is 0 Å². The van der Waals surface area contributed by atoms with E-state index in [1.54, 1.807) is 24.4 Å². The van der Waals surface area contributed by atoms with Gasteiger partial charge in [0.1, 0.15) is 5.65 Å². The molecule has 2 rings (SSSR count). The van der Waals surface area contributed by atoms with Gasteiger partial charge in [0.05, 0.1) is 24.8 Å². The summed E-state index contributed by atoms with van der Waals surface area (Å²) in [5.74, 6) is 0. The molecule has 1 atom stereocenters. The van der Waals surface area contributed by atoms with Gasteiger partial charge in [-0.2, -0.15) is 13.2 Å². The Labute approximate surface area is 135 Å². The predicted octanol–water partition coefficient (Wildman–Crippen LogP) is 0.802. The summed E-state index contributed by atoms with van der Waals surface area (Å²) in [5.41, 5.74) is 0.353. The van der Waals surface area contributed by atoms with E-state index in [1.807, 2.05) is 0 Å². The van der Waals surface area contributed by atoms with Crippen LogP contribution in [0.5, 0.6) is 0 Å². The fourth-order valence-corrected chi connectivity index (χ4v) is 2.29. The van der Waals surface area contributed by atoms with Crippen molar-refractivity contribution in [2.75, 3.05) is 19.7 Å². The van der Waals surface area contributed by atoms with E-state index in [2.05, 4.69) is 4.98 Å². The average Bonchev–Trinajstić information content (AvgIpc) is 2.52. The number of aromatic nitrogens is 2. The number of pyridine rings is 1. The van der Waals surface area contributed by atoms with Gasteiger partial charge in [-0.1, -0.05) is 6.07 Å². The first-order chi connectivity index (χ1) is 11.3. The average molecular weight is 345 g/mol. The molecule has 2 aromatic heterocycles. The molecule has 2 heterocycles. The largest absolute Gasteiger partial charge is 0.394 e. The van der Waals surface area contributed by atoms with Gasteiger partial charge in [-0.3, -0.25) is 14.1 Å². The van der Waals surface area contributed by atoms with E-state index in [1.165, 1.54) is 15.4 Å². The Morgan fingerprint density at radius 2 is 2.08 bits per heavy atom. The van der Waals surface area contributed by atoms with Crippen molar-refractivity contribution in [3.63, 3.8) is 0 Å². The molecule has 0 aliphatic carbocycles. The summed E-state index contributed by atoms with van der Waals surface area (Å²) < 4.78 is 38.6. The maximum Gasteiger partial charge on any atom is 0.390 e. The molecule has 6 nitrogen and oxygen atoms in total. The third-order valence-corrected chi connectivity index (χ3v) is 3.40. The molecule has 0 fully saturated rings. The van der Waals surface area contributed by atoms with Crippen molar-refractivity contribution in [1.29, 1.82) is 0 Å².